The van der Waals surface area contributed by atoms with E-state index in [1.54, 1.807) is 4.90 Å². The van der Waals surface area contributed by atoms with Crippen LogP contribution in [-0.2, 0) is 32.0 Å². The van der Waals surface area contributed by atoms with Gasteiger partial charge in [-0.3, -0.25) is 9.69 Å². The summed E-state index contributed by atoms with van der Waals surface area (Å²) < 4.78 is 17.4. The van der Waals surface area contributed by atoms with Crippen molar-refractivity contribution in [2.75, 3.05) is 26.3 Å². The van der Waals surface area contributed by atoms with E-state index < -0.39 is 5.60 Å². The van der Waals surface area contributed by atoms with Crippen molar-refractivity contribution in [1.82, 2.24) is 9.80 Å². The van der Waals surface area contributed by atoms with Crippen LogP contribution in [0.4, 0.5) is 4.79 Å². The molecule has 3 atom stereocenters. The second-order valence-corrected chi connectivity index (χ2v) is 11.5. The molecule has 7 nitrogen and oxygen atoms in total. The summed E-state index contributed by atoms with van der Waals surface area (Å²) in [6.07, 6.45) is 4.68. The smallest absolute Gasteiger partial charge is 0.410 e. The van der Waals surface area contributed by atoms with Gasteiger partial charge in [0, 0.05) is 30.6 Å². The van der Waals surface area contributed by atoms with E-state index in [1.165, 1.54) is 0 Å². The van der Waals surface area contributed by atoms with E-state index >= 15 is 0 Å². The molecule has 0 spiro atoms. The highest BCUT2D eigenvalue weighted by atomic mass is 35.5. The zero-order valence-corrected chi connectivity index (χ0v) is 21.1. The Kier molecular flexibility index (Phi) is 6.55. The zero-order valence-electron chi connectivity index (χ0n) is 20.3. The fourth-order valence-electron chi connectivity index (χ4n) is 5.86. The molecule has 8 heteroatoms. The first-order valence-electron chi connectivity index (χ1n) is 12.5. The Bertz CT molecular complexity index is 949. The molecule has 4 aliphatic heterocycles. The highest BCUT2D eigenvalue weighted by Gasteiger charge is 2.41. The fraction of sp³-hybridized carbons (Fsp3) is 0.692. The van der Waals surface area contributed by atoms with E-state index in [1.807, 2.05) is 37.8 Å². The highest BCUT2D eigenvalue weighted by Crippen LogP contribution is 2.39. The van der Waals surface area contributed by atoms with Gasteiger partial charge in [0.15, 0.2) is 0 Å². The lowest BCUT2D eigenvalue weighted by Crippen LogP contribution is -2.47. The van der Waals surface area contributed by atoms with E-state index in [2.05, 4.69) is 0 Å². The molecular formula is C26H35ClN2O5. The summed E-state index contributed by atoms with van der Waals surface area (Å²) in [7, 11) is 0. The largest absolute Gasteiger partial charge is 0.444 e. The molecule has 0 N–H and O–H groups in total. The normalized spacial score (nSPS) is 29.1. The summed E-state index contributed by atoms with van der Waals surface area (Å²) in [6.45, 7) is 8.13. The lowest BCUT2D eigenvalue weighted by Gasteiger charge is -2.40. The molecule has 186 valence electrons. The molecule has 5 rings (SSSR count). The molecule has 4 heterocycles. The van der Waals surface area contributed by atoms with Crippen LogP contribution in [0, 0.1) is 5.92 Å². The van der Waals surface area contributed by atoms with E-state index in [0.29, 0.717) is 37.9 Å². The van der Waals surface area contributed by atoms with Crippen molar-refractivity contribution in [3.05, 3.63) is 33.8 Å². The van der Waals surface area contributed by atoms with Crippen LogP contribution in [0.15, 0.2) is 12.1 Å². The average molecular weight is 491 g/mol. The molecule has 0 radical (unpaired) electrons. The molecule has 2 amide bonds. The minimum atomic E-state index is -0.583. The van der Waals surface area contributed by atoms with Gasteiger partial charge in [-0.1, -0.05) is 11.6 Å². The molecule has 34 heavy (non-hydrogen) atoms. The fourth-order valence-corrected chi connectivity index (χ4v) is 6.11. The summed E-state index contributed by atoms with van der Waals surface area (Å²) >= 11 is 6.52. The van der Waals surface area contributed by atoms with Crippen molar-refractivity contribution >= 4 is 23.6 Å². The second-order valence-electron chi connectivity index (χ2n) is 11.0. The Labute approximate surface area is 206 Å². The highest BCUT2D eigenvalue weighted by molar-refractivity contribution is 6.30. The molecule has 2 unspecified atom stereocenters. The molecule has 0 saturated carbocycles. The number of morpholine rings is 1. The van der Waals surface area contributed by atoms with Crippen LogP contribution >= 0.6 is 11.6 Å². The number of ether oxygens (including phenoxy) is 3. The molecule has 1 aromatic carbocycles. The lowest BCUT2D eigenvalue weighted by molar-refractivity contribution is -0.142. The molecule has 2 bridgehead atoms. The lowest BCUT2D eigenvalue weighted by atomic mass is 9.88. The molecule has 1 aromatic rings. The van der Waals surface area contributed by atoms with Crippen molar-refractivity contribution in [1.29, 1.82) is 0 Å². The first-order chi connectivity index (χ1) is 16.2. The summed E-state index contributed by atoms with van der Waals surface area (Å²) in [5.74, 6) is 0.274. The number of benzene rings is 1. The number of rotatable bonds is 2. The molecule has 4 aliphatic rings. The molecular weight excluding hydrogens is 456 g/mol. The van der Waals surface area contributed by atoms with Crippen LogP contribution in [0.25, 0.3) is 0 Å². The third-order valence-electron chi connectivity index (χ3n) is 7.41. The van der Waals surface area contributed by atoms with Gasteiger partial charge in [0.25, 0.3) is 0 Å². The first-order valence-corrected chi connectivity index (χ1v) is 12.9. The third kappa shape index (κ3) is 4.93. The van der Waals surface area contributed by atoms with Gasteiger partial charge < -0.3 is 19.1 Å². The predicted octanol–water partition coefficient (Wildman–Crippen LogP) is 4.49. The van der Waals surface area contributed by atoms with Crippen LogP contribution < -0.4 is 0 Å². The second kappa shape index (κ2) is 9.32. The van der Waals surface area contributed by atoms with Crippen molar-refractivity contribution in [3.8, 4) is 0 Å². The maximum atomic E-state index is 13.5. The van der Waals surface area contributed by atoms with Gasteiger partial charge in [-0.2, -0.15) is 0 Å². The predicted molar refractivity (Wildman–Crippen MR) is 128 cm³/mol. The van der Waals surface area contributed by atoms with Crippen LogP contribution in [0.3, 0.4) is 0 Å². The van der Waals surface area contributed by atoms with E-state index in [9.17, 15) is 9.59 Å². The van der Waals surface area contributed by atoms with Gasteiger partial charge in [0.1, 0.15) is 5.60 Å². The number of nitrogens with zero attached hydrogens (tertiary/aromatic N) is 2. The molecule has 0 aliphatic carbocycles. The van der Waals surface area contributed by atoms with E-state index in [4.69, 9.17) is 25.8 Å². The van der Waals surface area contributed by atoms with Crippen LogP contribution in [0.1, 0.15) is 69.2 Å². The SMILES string of the molecule is CC(C)(C)OC(=O)N1CCOC[C@H]1c1cc(Cl)cc2c1CN(C(=O)C1CC3CCC(C1)O3)CC2. The topological polar surface area (TPSA) is 68.3 Å². The van der Waals surface area contributed by atoms with Crippen LogP contribution in [-0.4, -0.2) is 65.9 Å². The number of hydrogen-bond acceptors (Lipinski definition) is 5. The van der Waals surface area contributed by atoms with Gasteiger partial charge in [0.05, 0.1) is 31.5 Å². The quantitative estimate of drug-likeness (QED) is 0.611. The summed E-state index contributed by atoms with van der Waals surface area (Å²) in [5, 5.41) is 0.643. The van der Waals surface area contributed by atoms with Gasteiger partial charge >= 0.3 is 6.09 Å². The Morgan fingerprint density at radius 3 is 2.56 bits per heavy atom. The van der Waals surface area contributed by atoms with Crippen molar-refractivity contribution < 1.29 is 23.8 Å². The van der Waals surface area contributed by atoms with Crippen molar-refractivity contribution in [3.63, 3.8) is 0 Å². The van der Waals surface area contributed by atoms with Gasteiger partial charge in [-0.25, -0.2) is 4.79 Å². The van der Waals surface area contributed by atoms with Crippen LogP contribution in [0.5, 0.6) is 0 Å². The maximum Gasteiger partial charge on any atom is 0.410 e. The van der Waals surface area contributed by atoms with Gasteiger partial charge in [-0.15, -0.1) is 0 Å². The standard InChI is InChI=1S/C26H35ClN2O5/c1-26(2,3)34-25(31)29-8-9-32-15-23(29)21-13-18(27)10-16-6-7-28(14-22(16)21)24(30)17-11-19-4-5-20(12-17)33-19/h10,13,17,19-20,23H,4-9,11-12,14-15H2,1-3H3/t17?,19?,20?,23-/m0/s1. The number of amides is 2. The Balaban J connectivity index is 1.40. The minimum Gasteiger partial charge on any atom is -0.444 e. The van der Waals surface area contributed by atoms with Gasteiger partial charge in [0.2, 0.25) is 5.91 Å². The molecule has 3 saturated heterocycles. The van der Waals surface area contributed by atoms with E-state index in [-0.39, 0.29) is 36.2 Å². The van der Waals surface area contributed by atoms with Crippen molar-refractivity contribution in [2.45, 2.75) is 83.3 Å². The van der Waals surface area contributed by atoms with Crippen LogP contribution in [0.2, 0.25) is 5.02 Å². The van der Waals surface area contributed by atoms with Crippen molar-refractivity contribution in [2.24, 2.45) is 5.92 Å². The summed E-state index contributed by atoms with van der Waals surface area (Å²) in [6, 6.07) is 3.63. The average Bonchev–Trinajstić information content (AvgIpc) is 3.14. The maximum absolute atomic E-state index is 13.5. The Morgan fingerprint density at radius 2 is 1.85 bits per heavy atom. The number of hydrogen-bond donors (Lipinski definition) is 0. The Hall–Kier alpha value is -1.83. The number of carbonyl (C=O) groups is 2. The monoisotopic (exact) mass is 490 g/mol. The third-order valence-corrected chi connectivity index (χ3v) is 7.63. The number of carbonyl (C=O) groups excluding carboxylic acids is 2. The van der Waals surface area contributed by atoms with E-state index in [0.717, 1.165) is 48.8 Å². The van der Waals surface area contributed by atoms with Gasteiger partial charge in [-0.05, 0) is 81.7 Å². The zero-order chi connectivity index (χ0) is 24.0. The Morgan fingerprint density at radius 1 is 1.12 bits per heavy atom. The molecule has 0 aromatic heterocycles. The summed E-state index contributed by atoms with van der Waals surface area (Å²) in [4.78, 5) is 30.3. The number of fused-ring (bicyclic) bond motifs is 3. The molecule has 3 fully saturated rings. The number of halogens is 1. The first kappa shape index (κ1) is 23.9. The minimum absolute atomic E-state index is 0.0415. The summed E-state index contributed by atoms with van der Waals surface area (Å²) in [5.41, 5.74) is 2.61.